The fourth-order valence-electron chi connectivity index (χ4n) is 2.24. The Morgan fingerprint density at radius 2 is 2.30 bits per heavy atom. The van der Waals surface area contributed by atoms with Crippen molar-refractivity contribution in [3.8, 4) is 0 Å². The van der Waals surface area contributed by atoms with Crippen molar-refractivity contribution >= 4 is 44.9 Å². The highest BCUT2D eigenvalue weighted by Crippen LogP contribution is 2.42. The third-order valence-corrected chi connectivity index (χ3v) is 6.24. The van der Waals surface area contributed by atoms with Crippen LogP contribution in [0.4, 0.5) is 0 Å². The standard InChI is InChI=1S/C13H14BrN3OS2/c14-11-3-2-10(20-11)13-17(12(18)8-19-13)6-1-5-16-7-4-15-9-16/h2-4,7,9,13H,1,5-6,8H2. The van der Waals surface area contributed by atoms with Gasteiger partial charge in [-0.15, -0.1) is 23.1 Å². The number of carbonyl (C=O) groups is 1. The molecular weight excluding hydrogens is 358 g/mol. The summed E-state index contributed by atoms with van der Waals surface area (Å²) in [5.41, 5.74) is 0. The topological polar surface area (TPSA) is 38.1 Å². The minimum Gasteiger partial charge on any atom is -0.337 e. The highest BCUT2D eigenvalue weighted by atomic mass is 79.9. The molecule has 1 atom stereocenters. The van der Waals surface area contributed by atoms with Gasteiger partial charge >= 0.3 is 0 Å². The van der Waals surface area contributed by atoms with Crippen molar-refractivity contribution in [2.45, 2.75) is 18.3 Å². The molecule has 0 aromatic carbocycles. The number of thioether (sulfide) groups is 1. The number of imidazole rings is 1. The second kappa shape index (κ2) is 6.32. The van der Waals surface area contributed by atoms with Crippen molar-refractivity contribution in [2.75, 3.05) is 12.3 Å². The van der Waals surface area contributed by atoms with Crippen molar-refractivity contribution in [3.05, 3.63) is 39.5 Å². The smallest absolute Gasteiger partial charge is 0.233 e. The Bertz CT molecular complexity index is 584. The maximum Gasteiger partial charge on any atom is 0.233 e. The molecule has 1 amide bonds. The molecule has 0 radical (unpaired) electrons. The monoisotopic (exact) mass is 371 g/mol. The van der Waals surface area contributed by atoms with Crippen molar-refractivity contribution in [1.29, 1.82) is 0 Å². The van der Waals surface area contributed by atoms with Crippen LogP contribution in [0.5, 0.6) is 0 Å². The van der Waals surface area contributed by atoms with Crippen molar-refractivity contribution in [2.24, 2.45) is 0 Å². The molecule has 20 heavy (non-hydrogen) atoms. The number of thiophene rings is 1. The Morgan fingerprint density at radius 3 is 3.00 bits per heavy atom. The SMILES string of the molecule is O=C1CSC(c2ccc(Br)s2)N1CCCn1ccnc1. The third-order valence-electron chi connectivity index (χ3n) is 3.18. The summed E-state index contributed by atoms with van der Waals surface area (Å²) in [4.78, 5) is 19.3. The van der Waals surface area contributed by atoms with E-state index in [0.29, 0.717) is 5.75 Å². The molecule has 106 valence electrons. The number of rotatable bonds is 5. The summed E-state index contributed by atoms with van der Waals surface area (Å²) in [6.45, 7) is 1.69. The summed E-state index contributed by atoms with van der Waals surface area (Å²) in [6.07, 6.45) is 6.50. The number of hydrogen-bond donors (Lipinski definition) is 0. The van der Waals surface area contributed by atoms with Gasteiger partial charge in [-0.05, 0) is 34.5 Å². The second-order valence-electron chi connectivity index (χ2n) is 4.55. The van der Waals surface area contributed by atoms with Gasteiger partial charge in [0, 0.05) is 30.4 Å². The van der Waals surface area contributed by atoms with Crippen LogP contribution in [0.25, 0.3) is 0 Å². The number of halogens is 1. The fourth-order valence-corrected chi connectivity index (χ4v) is 5.11. The number of hydrogen-bond acceptors (Lipinski definition) is 4. The van der Waals surface area contributed by atoms with Gasteiger partial charge in [-0.2, -0.15) is 0 Å². The quantitative estimate of drug-likeness (QED) is 0.808. The number of aryl methyl sites for hydroxylation is 1. The van der Waals surface area contributed by atoms with E-state index in [1.165, 1.54) is 4.88 Å². The molecule has 1 aliphatic heterocycles. The zero-order chi connectivity index (χ0) is 13.9. The van der Waals surface area contributed by atoms with E-state index in [9.17, 15) is 4.79 Å². The van der Waals surface area contributed by atoms with Crippen LogP contribution in [0.2, 0.25) is 0 Å². The Balaban J connectivity index is 1.62. The van der Waals surface area contributed by atoms with E-state index in [4.69, 9.17) is 0 Å². The van der Waals surface area contributed by atoms with Gasteiger partial charge in [0.05, 0.1) is 15.9 Å². The van der Waals surface area contributed by atoms with Crippen LogP contribution in [0.15, 0.2) is 34.6 Å². The van der Waals surface area contributed by atoms with Crippen LogP contribution in [0.1, 0.15) is 16.7 Å². The van der Waals surface area contributed by atoms with Crippen LogP contribution in [-0.4, -0.2) is 32.7 Å². The van der Waals surface area contributed by atoms with Gasteiger partial charge in [0.25, 0.3) is 0 Å². The molecule has 0 aliphatic carbocycles. The zero-order valence-corrected chi connectivity index (χ0v) is 14.0. The second-order valence-corrected chi connectivity index (χ2v) is 8.11. The predicted molar refractivity (Wildman–Crippen MR) is 85.8 cm³/mol. The minimum atomic E-state index is 0.182. The predicted octanol–water partition coefficient (Wildman–Crippen LogP) is 3.37. The Kier molecular flexibility index (Phi) is 4.48. The molecule has 3 heterocycles. The number of aromatic nitrogens is 2. The highest BCUT2D eigenvalue weighted by Gasteiger charge is 2.33. The third kappa shape index (κ3) is 3.10. The Morgan fingerprint density at radius 1 is 1.40 bits per heavy atom. The molecule has 3 rings (SSSR count). The van der Waals surface area contributed by atoms with E-state index in [-0.39, 0.29) is 11.3 Å². The molecule has 7 heteroatoms. The van der Waals surface area contributed by atoms with Crippen LogP contribution in [-0.2, 0) is 11.3 Å². The Labute approximate surface area is 134 Å². The highest BCUT2D eigenvalue weighted by molar-refractivity contribution is 9.11. The summed E-state index contributed by atoms with van der Waals surface area (Å²) < 4.78 is 3.16. The van der Waals surface area contributed by atoms with Crippen molar-refractivity contribution in [1.82, 2.24) is 14.5 Å². The van der Waals surface area contributed by atoms with E-state index in [0.717, 1.165) is 23.3 Å². The van der Waals surface area contributed by atoms with Crippen LogP contribution < -0.4 is 0 Å². The average Bonchev–Trinajstić information content (AvgIpc) is 3.13. The number of carbonyl (C=O) groups excluding carboxylic acids is 1. The molecule has 1 saturated heterocycles. The molecule has 1 unspecified atom stereocenters. The van der Waals surface area contributed by atoms with Gasteiger partial charge in [-0.25, -0.2) is 4.98 Å². The summed E-state index contributed by atoms with van der Waals surface area (Å²) >= 11 is 6.92. The lowest BCUT2D eigenvalue weighted by molar-refractivity contribution is -0.128. The maximum absolute atomic E-state index is 12.0. The van der Waals surface area contributed by atoms with E-state index in [1.54, 1.807) is 29.3 Å². The van der Waals surface area contributed by atoms with Gasteiger partial charge in [-0.3, -0.25) is 4.79 Å². The first kappa shape index (κ1) is 14.2. The largest absolute Gasteiger partial charge is 0.337 e. The van der Waals surface area contributed by atoms with E-state index < -0.39 is 0 Å². The fraction of sp³-hybridized carbons (Fsp3) is 0.385. The first-order valence-corrected chi connectivity index (χ1v) is 9.02. The average molecular weight is 372 g/mol. The molecule has 1 aliphatic rings. The summed E-state index contributed by atoms with van der Waals surface area (Å²) in [6, 6.07) is 4.15. The lowest BCUT2D eigenvalue weighted by atomic mass is 10.3. The zero-order valence-electron chi connectivity index (χ0n) is 10.7. The number of nitrogens with zero attached hydrogens (tertiary/aromatic N) is 3. The lowest BCUT2D eigenvalue weighted by Gasteiger charge is -2.23. The molecule has 2 aromatic heterocycles. The molecule has 4 nitrogen and oxygen atoms in total. The van der Waals surface area contributed by atoms with Gasteiger partial charge < -0.3 is 9.47 Å². The molecule has 0 saturated carbocycles. The van der Waals surface area contributed by atoms with E-state index in [1.807, 2.05) is 28.1 Å². The van der Waals surface area contributed by atoms with Crippen LogP contribution in [0.3, 0.4) is 0 Å². The van der Waals surface area contributed by atoms with Crippen molar-refractivity contribution < 1.29 is 4.79 Å². The van der Waals surface area contributed by atoms with E-state index in [2.05, 4.69) is 27.0 Å². The minimum absolute atomic E-state index is 0.182. The first-order valence-electron chi connectivity index (χ1n) is 6.36. The first-order chi connectivity index (χ1) is 9.74. The van der Waals surface area contributed by atoms with Crippen LogP contribution in [0, 0.1) is 0 Å². The summed E-state index contributed by atoms with van der Waals surface area (Å²) in [5, 5.41) is 0.182. The van der Waals surface area contributed by atoms with Gasteiger partial charge in [0.15, 0.2) is 0 Å². The molecule has 0 bridgehead atoms. The number of amides is 1. The van der Waals surface area contributed by atoms with Gasteiger partial charge in [0.1, 0.15) is 5.37 Å². The molecular formula is C13H14BrN3OS2. The molecule has 0 N–H and O–H groups in total. The summed E-state index contributed by atoms with van der Waals surface area (Å²) in [7, 11) is 0. The van der Waals surface area contributed by atoms with E-state index >= 15 is 0 Å². The van der Waals surface area contributed by atoms with Gasteiger partial charge in [0.2, 0.25) is 5.91 Å². The molecule has 0 spiro atoms. The molecule has 1 fully saturated rings. The van der Waals surface area contributed by atoms with Crippen molar-refractivity contribution in [3.63, 3.8) is 0 Å². The summed E-state index contributed by atoms with van der Waals surface area (Å²) in [5.74, 6) is 0.834. The Hall–Kier alpha value is -0.790. The normalized spacial score (nSPS) is 18.9. The maximum atomic E-state index is 12.0. The van der Waals surface area contributed by atoms with Crippen LogP contribution >= 0.6 is 39.0 Å². The lowest BCUT2D eigenvalue weighted by Crippen LogP contribution is -2.29. The van der Waals surface area contributed by atoms with Gasteiger partial charge in [-0.1, -0.05) is 0 Å². The molecule has 2 aromatic rings.